The van der Waals surface area contributed by atoms with Gasteiger partial charge in [-0.2, -0.15) is 0 Å². The Bertz CT molecular complexity index is 957. The van der Waals surface area contributed by atoms with Gasteiger partial charge in [0.15, 0.2) is 0 Å². The van der Waals surface area contributed by atoms with E-state index in [9.17, 15) is 9.18 Å². The smallest absolute Gasteiger partial charge is 0.355 e. The molecule has 0 saturated carbocycles. The largest absolute Gasteiger partial charge is 0.481 e. The number of ether oxygens (including phenoxy) is 2. The number of carbonyl (C=O) groups excluding carboxylic acids is 1. The predicted molar refractivity (Wildman–Crippen MR) is 98.1 cm³/mol. The maximum absolute atomic E-state index is 13.2. The van der Waals surface area contributed by atoms with Crippen LogP contribution in [0.25, 0.3) is 22.0 Å². The van der Waals surface area contributed by atoms with E-state index in [0.717, 1.165) is 0 Å². The number of benzene rings is 1. The summed E-state index contributed by atoms with van der Waals surface area (Å²) < 4.78 is 24.1. The molecule has 3 aromatic rings. The lowest BCUT2D eigenvalue weighted by molar-refractivity contribution is 0.00648. The molecule has 0 aliphatic rings. The minimum Gasteiger partial charge on any atom is -0.481 e. The average molecular weight is 356 g/mol. The molecule has 0 aliphatic heterocycles. The number of aromatic nitrogens is 2. The second-order valence-electron chi connectivity index (χ2n) is 6.95. The minimum absolute atomic E-state index is 0.289. The third-order valence-corrected chi connectivity index (χ3v) is 3.85. The van der Waals surface area contributed by atoms with Gasteiger partial charge in [-0.3, -0.25) is 0 Å². The number of hydrogen-bond donors (Lipinski definition) is 1. The molecule has 0 amide bonds. The third kappa shape index (κ3) is 3.40. The lowest BCUT2D eigenvalue weighted by Gasteiger charge is -2.19. The number of halogens is 1. The fraction of sp³-hybridized carbons (Fsp3) is 0.300. The van der Waals surface area contributed by atoms with Crippen LogP contribution < -0.4 is 4.74 Å². The zero-order chi connectivity index (χ0) is 18.9. The lowest BCUT2D eigenvalue weighted by Crippen LogP contribution is -2.24. The van der Waals surface area contributed by atoms with Crippen LogP contribution in [0.2, 0.25) is 0 Å². The standard InChI is InChI=1S/C20H21FN2O3/c1-20(2,3)26-19(24)17-16(13-6-5-9-22-18(13)25-4)14-10-12(11-21)7-8-15(14)23-17/h5-10,23H,11H2,1-4H3. The second-order valence-corrected chi connectivity index (χ2v) is 6.95. The van der Waals surface area contributed by atoms with Gasteiger partial charge in [-0.05, 0) is 50.6 Å². The van der Waals surface area contributed by atoms with E-state index in [1.807, 2.05) is 6.07 Å². The summed E-state index contributed by atoms with van der Waals surface area (Å²) in [6.45, 7) is 4.82. The number of nitrogens with zero attached hydrogens (tertiary/aromatic N) is 1. The Labute approximate surface area is 151 Å². The molecule has 1 aromatic carbocycles. The van der Waals surface area contributed by atoms with Crippen molar-refractivity contribution < 1.29 is 18.7 Å². The summed E-state index contributed by atoms with van der Waals surface area (Å²) in [7, 11) is 1.51. The molecule has 0 radical (unpaired) electrons. The van der Waals surface area contributed by atoms with Crippen LogP contribution in [0.4, 0.5) is 4.39 Å². The quantitative estimate of drug-likeness (QED) is 0.690. The lowest BCUT2D eigenvalue weighted by atomic mass is 10.0. The highest BCUT2D eigenvalue weighted by Gasteiger charge is 2.26. The Balaban J connectivity index is 2.29. The summed E-state index contributed by atoms with van der Waals surface area (Å²) in [5.74, 6) is -0.111. The first-order valence-corrected chi connectivity index (χ1v) is 8.27. The van der Waals surface area contributed by atoms with Crippen LogP contribution in [-0.2, 0) is 11.4 Å². The Morgan fingerprint density at radius 1 is 1.27 bits per heavy atom. The van der Waals surface area contributed by atoms with Crippen LogP contribution in [0.1, 0.15) is 36.8 Å². The van der Waals surface area contributed by atoms with Crippen LogP contribution in [0.3, 0.4) is 0 Å². The molecule has 136 valence electrons. The number of hydrogen-bond acceptors (Lipinski definition) is 4. The minimum atomic E-state index is -0.644. The number of aromatic amines is 1. The molecule has 5 nitrogen and oxygen atoms in total. The molecule has 0 bridgehead atoms. The van der Waals surface area contributed by atoms with E-state index in [-0.39, 0.29) is 5.69 Å². The number of nitrogens with one attached hydrogen (secondary N) is 1. The number of alkyl halides is 1. The van der Waals surface area contributed by atoms with Gasteiger partial charge in [-0.15, -0.1) is 0 Å². The van der Waals surface area contributed by atoms with Gasteiger partial charge in [0.05, 0.1) is 7.11 Å². The maximum atomic E-state index is 13.2. The van der Waals surface area contributed by atoms with Crippen molar-refractivity contribution in [1.29, 1.82) is 0 Å². The van der Waals surface area contributed by atoms with Crippen molar-refractivity contribution >= 4 is 16.9 Å². The first-order chi connectivity index (χ1) is 12.3. The van der Waals surface area contributed by atoms with Gasteiger partial charge in [-0.1, -0.05) is 6.07 Å². The van der Waals surface area contributed by atoms with Crippen molar-refractivity contribution in [2.45, 2.75) is 33.0 Å². The number of rotatable bonds is 4. The van der Waals surface area contributed by atoms with Gasteiger partial charge >= 0.3 is 5.97 Å². The Hall–Kier alpha value is -2.89. The number of carbonyl (C=O) groups is 1. The van der Waals surface area contributed by atoms with E-state index in [2.05, 4.69) is 9.97 Å². The van der Waals surface area contributed by atoms with E-state index >= 15 is 0 Å². The number of methoxy groups -OCH3 is 1. The number of H-pyrrole nitrogens is 1. The van der Waals surface area contributed by atoms with Crippen molar-refractivity contribution in [2.75, 3.05) is 7.11 Å². The molecule has 0 fully saturated rings. The van der Waals surface area contributed by atoms with Crippen molar-refractivity contribution in [1.82, 2.24) is 9.97 Å². The summed E-state index contributed by atoms with van der Waals surface area (Å²) in [5.41, 5.74) is 2.11. The Morgan fingerprint density at radius 3 is 2.69 bits per heavy atom. The molecule has 0 atom stereocenters. The van der Waals surface area contributed by atoms with Crippen LogP contribution in [0.5, 0.6) is 5.88 Å². The van der Waals surface area contributed by atoms with E-state index in [4.69, 9.17) is 9.47 Å². The van der Waals surface area contributed by atoms with Gasteiger partial charge in [0.25, 0.3) is 0 Å². The molecule has 6 heteroatoms. The molecular formula is C20H21FN2O3. The number of pyridine rings is 1. The molecule has 1 N–H and O–H groups in total. The molecule has 3 rings (SSSR count). The van der Waals surface area contributed by atoms with Crippen molar-refractivity contribution in [3.05, 3.63) is 47.8 Å². The predicted octanol–water partition coefficient (Wildman–Crippen LogP) is 4.66. The third-order valence-electron chi connectivity index (χ3n) is 3.85. The highest BCUT2D eigenvalue weighted by Crippen LogP contribution is 2.38. The highest BCUT2D eigenvalue weighted by molar-refractivity contribution is 6.09. The van der Waals surface area contributed by atoms with Crippen LogP contribution in [-0.4, -0.2) is 28.6 Å². The first-order valence-electron chi connectivity index (χ1n) is 8.27. The number of esters is 1. The Morgan fingerprint density at radius 2 is 2.04 bits per heavy atom. The molecule has 0 aliphatic carbocycles. The van der Waals surface area contributed by atoms with Gasteiger partial charge in [-0.25, -0.2) is 14.2 Å². The van der Waals surface area contributed by atoms with Crippen molar-refractivity contribution in [2.24, 2.45) is 0 Å². The molecule has 0 saturated heterocycles. The molecule has 0 unspecified atom stereocenters. The van der Waals surface area contributed by atoms with Crippen molar-refractivity contribution in [3.63, 3.8) is 0 Å². The van der Waals surface area contributed by atoms with Gasteiger partial charge in [0, 0.05) is 28.2 Å². The maximum Gasteiger partial charge on any atom is 0.355 e. The molecule has 26 heavy (non-hydrogen) atoms. The summed E-state index contributed by atoms with van der Waals surface area (Å²) >= 11 is 0. The Kier molecular flexibility index (Phi) is 4.68. The average Bonchev–Trinajstić information content (AvgIpc) is 2.98. The second kappa shape index (κ2) is 6.78. The number of fused-ring (bicyclic) bond motifs is 1. The SMILES string of the molecule is COc1ncccc1-c1c(C(=O)OC(C)(C)C)[nH]c2ccc(CF)cc12. The van der Waals surface area contributed by atoms with Crippen LogP contribution in [0, 0.1) is 0 Å². The van der Waals surface area contributed by atoms with E-state index in [0.29, 0.717) is 33.5 Å². The summed E-state index contributed by atoms with van der Waals surface area (Å²) in [5, 5.41) is 0.715. The van der Waals surface area contributed by atoms with Crippen LogP contribution >= 0.6 is 0 Å². The summed E-state index contributed by atoms with van der Waals surface area (Å²) in [4.78, 5) is 20.1. The molecule has 0 spiro atoms. The van der Waals surface area contributed by atoms with Gasteiger partial charge in [0.2, 0.25) is 5.88 Å². The zero-order valence-electron chi connectivity index (χ0n) is 15.2. The van der Waals surface area contributed by atoms with Gasteiger partial charge in [0.1, 0.15) is 18.0 Å². The van der Waals surface area contributed by atoms with E-state index in [1.54, 1.807) is 51.2 Å². The molecule has 2 aromatic heterocycles. The first kappa shape index (κ1) is 17.9. The normalized spacial score (nSPS) is 11.6. The highest BCUT2D eigenvalue weighted by atomic mass is 19.1. The van der Waals surface area contributed by atoms with Gasteiger partial charge < -0.3 is 14.5 Å². The van der Waals surface area contributed by atoms with Crippen LogP contribution in [0.15, 0.2) is 36.5 Å². The van der Waals surface area contributed by atoms with E-state index < -0.39 is 18.2 Å². The summed E-state index contributed by atoms with van der Waals surface area (Å²) in [6.07, 6.45) is 1.61. The molecule has 2 heterocycles. The molecular weight excluding hydrogens is 335 g/mol. The summed E-state index contributed by atoms with van der Waals surface area (Å²) in [6, 6.07) is 8.73. The van der Waals surface area contributed by atoms with Crippen molar-refractivity contribution in [3.8, 4) is 17.0 Å². The zero-order valence-corrected chi connectivity index (χ0v) is 15.2. The topological polar surface area (TPSA) is 64.2 Å². The fourth-order valence-electron chi connectivity index (χ4n) is 2.83. The van der Waals surface area contributed by atoms with E-state index in [1.165, 1.54) is 7.11 Å². The fourth-order valence-corrected chi connectivity index (χ4v) is 2.83. The monoisotopic (exact) mass is 356 g/mol.